The minimum atomic E-state index is -3.84. The molecule has 184 valence electrons. The molecule has 0 fully saturated rings. The molecule has 1 heterocycles. The number of non-ortho nitro benzene ring substituents is 1. The van der Waals surface area contributed by atoms with Crippen LogP contribution in [0.1, 0.15) is 45.4 Å². The van der Waals surface area contributed by atoms with E-state index in [0.29, 0.717) is 28.0 Å². The first-order valence-corrected chi connectivity index (χ1v) is 12.1. The molecule has 1 aliphatic rings. The normalized spacial score (nSPS) is 13.2. The highest BCUT2D eigenvalue weighted by atomic mass is 32.2. The summed E-state index contributed by atoms with van der Waals surface area (Å²) in [5.74, 6) is -0.263. The minimum absolute atomic E-state index is 0.00959. The quantitative estimate of drug-likeness (QED) is 0.337. The fourth-order valence-corrected chi connectivity index (χ4v) is 5.58. The Labute approximate surface area is 198 Å². The van der Waals surface area contributed by atoms with Crippen LogP contribution in [0.5, 0.6) is 5.75 Å². The zero-order chi connectivity index (χ0) is 25.2. The Bertz CT molecular complexity index is 1230. The fraction of sp³-hybridized carbons (Fsp3) is 0.435. The van der Waals surface area contributed by atoms with Crippen LogP contribution < -0.4 is 9.46 Å². The molecular weight excluding hydrogens is 464 g/mol. The third-order valence-electron chi connectivity index (χ3n) is 6.19. The fourth-order valence-electron chi connectivity index (χ4n) is 3.95. The number of hydrogen-bond acceptors (Lipinski definition) is 8. The Kier molecular flexibility index (Phi) is 7.59. The number of sulfonamides is 1. The van der Waals surface area contributed by atoms with Gasteiger partial charge in [0.2, 0.25) is 10.0 Å². The van der Waals surface area contributed by atoms with Gasteiger partial charge in [0.25, 0.3) is 5.69 Å². The van der Waals surface area contributed by atoms with Gasteiger partial charge in [-0.05, 0) is 62.4 Å². The Morgan fingerprint density at radius 3 is 2.32 bits per heavy atom. The van der Waals surface area contributed by atoms with Crippen molar-refractivity contribution in [2.45, 2.75) is 59.1 Å². The first kappa shape index (κ1) is 25.6. The van der Waals surface area contributed by atoms with E-state index in [4.69, 9.17) is 14.2 Å². The van der Waals surface area contributed by atoms with E-state index >= 15 is 0 Å². The van der Waals surface area contributed by atoms with Crippen LogP contribution in [0.25, 0.3) is 0 Å². The van der Waals surface area contributed by atoms with Gasteiger partial charge in [-0.2, -0.15) is 0 Å². The molecule has 0 saturated heterocycles. The van der Waals surface area contributed by atoms with Gasteiger partial charge in [0.05, 0.1) is 22.8 Å². The van der Waals surface area contributed by atoms with Crippen LogP contribution in [0.4, 0.5) is 5.69 Å². The van der Waals surface area contributed by atoms with Crippen LogP contribution in [-0.2, 0) is 37.5 Å². The molecule has 0 saturated carbocycles. The molecule has 0 aromatic heterocycles. The number of carbonyl (C=O) groups is 1. The SMILES string of the molecule is Cc1c(C)c(C)c(S(=O)(=O)NCCC(=O)OCc2cc([N+](=O)[O-])cc3c2OCOC3)c(C)c1C. The van der Waals surface area contributed by atoms with Crippen LogP contribution >= 0.6 is 0 Å². The number of nitrogens with zero attached hydrogens (tertiary/aromatic N) is 1. The van der Waals surface area contributed by atoms with E-state index in [1.165, 1.54) is 12.1 Å². The maximum absolute atomic E-state index is 13.0. The van der Waals surface area contributed by atoms with Gasteiger partial charge in [-0.15, -0.1) is 0 Å². The standard InChI is InChI=1S/C23H28N2O8S/c1-13-14(2)16(4)23(17(5)15(13)3)34(29,30)24-7-6-21(26)32-11-19-9-20(25(27)28)8-18-10-31-12-33-22(18)19/h8-9,24H,6-7,10-12H2,1-5H3. The van der Waals surface area contributed by atoms with Gasteiger partial charge < -0.3 is 14.2 Å². The number of hydrogen-bond donors (Lipinski definition) is 1. The molecule has 0 amide bonds. The van der Waals surface area contributed by atoms with Crippen LogP contribution in [0.3, 0.4) is 0 Å². The van der Waals surface area contributed by atoms with Crippen molar-refractivity contribution in [3.05, 3.63) is 61.2 Å². The molecule has 0 bridgehead atoms. The molecular formula is C23H28N2O8S. The van der Waals surface area contributed by atoms with Gasteiger partial charge >= 0.3 is 5.97 Å². The highest BCUT2D eigenvalue weighted by Gasteiger charge is 2.24. The Balaban J connectivity index is 1.65. The van der Waals surface area contributed by atoms with Crippen LogP contribution in [0, 0.1) is 44.7 Å². The van der Waals surface area contributed by atoms with Crippen molar-refractivity contribution in [3.8, 4) is 5.75 Å². The number of nitro benzene ring substituents is 1. The minimum Gasteiger partial charge on any atom is -0.467 e. The highest BCUT2D eigenvalue weighted by molar-refractivity contribution is 7.89. The number of nitro groups is 1. The Hall–Kier alpha value is -3.02. The Morgan fingerprint density at radius 2 is 1.71 bits per heavy atom. The van der Waals surface area contributed by atoms with E-state index in [0.717, 1.165) is 16.7 Å². The summed E-state index contributed by atoms with van der Waals surface area (Å²) in [5, 5.41) is 11.2. The molecule has 34 heavy (non-hydrogen) atoms. The average Bonchev–Trinajstić information content (AvgIpc) is 2.79. The van der Waals surface area contributed by atoms with Gasteiger partial charge in [-0.25, -0.2) is 13.1 Å². The Morgan fingerprint density at radius 1 is 1.09 bits per heavy atom. The van der Waals surface area contributed by atoms with Crippen LogP contribution in [0.15, 0.2) is 17.0 Å². The third-order valence-corrected chi connectivity index (χ3v) is 7.93. The molecule has 1 N–H and O–H groups in total. The molecule has 0 radical (unpaired) electrons. The van der Waals surface area contributed by atoms with Gasteiger partial charge in [0, 0.05) is 29.8 Å². The van der Waals surface area contributed by atoms with E-state index in [2.05, 4.69) is 4.72 Å². The highest BCUT2D eigenvalue weighted by Crippen LogP contribution is 2.33. The number of rotatable bonds is 8. The predicted molar refractivity (Wildman–Crippen MR) is 123 cm³/mol. The van der Waals surface area contributed by atoms with Crippen molar-refractivity contribution < 1.29 is 32.3 Å². The van der Waals surface area contributed by atoms with E-state index in [-0.39, 0.29) is 43.6 Å². The maximum atomic E-state index is 13.0. The zero-order valence-corrected chi connectivity index (χ0v) is 20.6. The number of nitrogens with one attached hydrogen (secondary N) is 1. The number of fused-ring (bicyclic) bond motifs is 1. The van der Waals surface area contributed by atoms with Crippen molar-refractivity contribution >= 4 is 21.7 Å². The number of esters is 1. The molecule has 3 rings (SSSR count). The van der Waals surface area contributed by atoms with Crippen LogP contribution in [0.2, 0.25) is 0 Å². The van der Waals surface area contributed by atoms with Crippen molar-refractivity contribution in [2.24, 2.45) is 0 Å². The molecule has 0 atom stereocenters. The van der Waals surface area contributed by atoms with E-state index < -0.39 is 20.9 Å². The number of carbonyl (C=O) groups excluding carboxylic acids is 1. The second kappa shape index (κ2) is 10.1. The lowest BCUT2D eigenvalue weighted by molar-refractivity contribution is -0.385. The molecule has 2 aromatic carbocycles. The summed E-state index contributed by atoms with van der Waals surface area (Å²) >= 11 is 0. The van der Waals surface area contributed by atoms with Crippen molar-refractivity contribution in [1.29, 1.82) is 0 Å². The molecule has 0 unspecified atom stereocenters. The lowest BCUT2D eigenvalue weighted by Gasteiger charge is -2.20. The van der Waals surface area contributed by atoms with Crippen molar-refractivity contribution in [3.63, 3.8) is 0 Å². The smallest absolute Gasteiger partial charge is 0.307 e. The molecule has 0 aliphatic carbocycles. The van der Waals surface area contributed by atoms with E-state index in [1.807, 2.05) is 20.8 Å². The molecule has 10 nitrogen and oxygen atoms in total. The summed E-state index contributed by atoms with van der Waals surface area (Å²) in [7, 11) is -3.84. The second-order valence-electron chi connectivity index (χ2n) is 8.22. The van der Waals surface area contributed by atoms with Crippen LogP contribution in [-0.4, -0.2) is 32.6 Å². The number of ether oxygens (including phenoxy) is 3. The lowest BCUT2D eigenvalue weighted by atomic mass is 9.95. The average molecular weight is 493 g/mol. The molecule has 11 heteroatoms. The predicted octanol–water partition coefficient (Wildman–Crippen LogP) is 3.42. The monoisotopic (exact) mass is 492 g/mol. The maximum Gasteiger partial charge on any atom is 0.307 e. The summed E-state index contributed by atoms with van der Waals surface area (Å²) in [6.45, 7) is 9.01. The summed E-state index contributed by atoms with van der Waals surface area (Å²) in [6.07, 6.45) is -0.206. The topological polar surface area (TPSA) is 134 Å². The van der Waals surface area contributed by atoms with Gasteiger partial charge in [-0.3, -0.25) is 14.9 Å². The first-order chi connectivity index (χ1) is 15.9. The summed E-state index contributed by atoms with van der Waals surface area (Å²) in [6, 6.07) is 2.64. The lowest BCUT2D eigenvalue weighted by Crippen LogP contribution is -2.28. The van der Waals surface area contributed by atoms with Crippen molar-refractivity contribution in [1.82, 2.24) is 4.72 Å². The molecule has 0 spiro atoms. The summed E-state index contributed by atoms with van der Waals surface area (Å²) in [5.41, 5.74) is 4.90. The zero-order valence-electron chi connectivity index (χ0n) is 19.8. The van der Waals surface area contributed by atoms with E-state index in [1.54, 1.807) is 13.8 Å². The summed E-state index contributed by atoms with van der Waals surface area (Å²) in [4.78, 5) is 23.1. The van der Waals surface area contributed by atoms with Gasteiger partial charge in [0.15, 0.2) is 6.79 Å². The summed E-state index contributed by atoms with van der Waals surface area (Å²) < 4.78 is 44.2. The first-order valence-electron chi connectivity index (χ1n) is 10.7. The van der Waals surface area contributed by atoms with E-state index in [9.17, 15) is 23.3 Å². The number of benzene rings is 2. The third kappa shape index (κ3) is 5.21. The molecule has 2 aromatic rings. The van der Waals surface area contributed by atoms with Gasteiger partial charge in [-0.1, -0.05) is 0 Å². The second-order valence-corrected chi connectivity index (χ2v) is 9.93. The van der Waals surface area contributed by atoms with Gasteiger partial charge in [0.1, 0.15) is 12.4 Å². The molecule has 1 aliphatic heterocycles. The largest absolute Gasteiger partial charge is 0.467 e. The van der Waals surface area contributed by atoms with Crippen molar-refractivity contribution in [2.75, 3.05) is 13.3 Å².